The molecule has 0 heterocycles. The van der Waals surface area contributed by atoms with Gasteiger partial charge in [0.25, 0.3) is 0 Å². The van der Waals surface area contributed by atoms with E-state index >= 15 is 0 Å². The van der Waals surface area contributed by atoms with E-state index in [0.29, 0.717) is 11.6 Å². The average molecular weight is 280 g/mol. The van der Waals surface area contributed by atoms with Gasteiger partial charge in [-0.05, 0) is 29.8 Å². The van der Waals surface area contributed by atoms with Crippen molar-refractivity contribution in [1.82, 2.24) is 0 Å². The highest BCUT2D eigenvalue weighted by Crippen LogP contribution is 2.19. The molecule has 0 amide bonds. The summed E-state index contributed by atoms with van der Waals surface area (Å²) in [7, 11) is 1.33. The van der Waals surface area contributed by atoms with Crippen LogP contribution in [0.3, 0.4) is 0 Å². The van der Waals surface area contributed by atoms with Gasteiger partial charge in [-0.15, -0.1) is 0 Å². The lowest BCUT2D eigenvalue weighted by atomic mass is 10.0. The number of carbonyl (C=O) groups is 1. The maximum Gasteiger partial charge on any atom is 0.167 e. The number of ether oxygens (including phenoxy) is 1. The molecule has 0 bridgehead atoms. The first-order valence-electron chi connectivity index (χ1n) is 5.81. The normalized spacial score (nSPS) is 10.4. The molecule has 0 radical (unpaired) electrons. The molecule has 0 aromatic heterocycles. The number of ketones is 1. The molecule has 0 saturated carbocycles. The van der Waals surface area contributed by atoms with Crippen molar-refractivity contribution in [3.63, 3.8) is 0 Å². The zero-order valence-electron chi connectivity index (χ0n) is 10.6. The van der Waals surface area contributed by atoms with Crippen LogP contribution in [0.1, 0.15) is 15.9 Å². The third-order valence-corrected chi connectivity index (χ3v) is 2.77. The summed E-state index contributed by atoms with van der Waals surface area (Å²) in [5.74, 6) is -2.67. The Kier molecular flexibility index (Phi) is 4.08. The van der Waals surface area contributed by atoms with E-state index in [4.69, 9.17) is 4.74 Å². The molecule has 2 nitrogen and oxygen atoms in total. The summed E-state index contributed by atoms with van der Waals surface area (Å²) in [5.41, 5.74) is 0.316. The van der Waals surface area contributed by atoms with Gasteiger partial charge in [-0.25, -0.2) is 13.2 Å². The molecule has 2 aromatic carbocycles. The topological polar surface area (TPSA) is 26.3 Å². The van der Waals surface area contributed by atoms with Gasteiger partial charge in [0.05, 0.1) is 7.11 Å². The van der Waals surface area contributed by atoms with Crippen LogP contribution in [-0.4, -0.2) is 12.9 Å². The minimum atomic E-state index is -0.825. The molecule has 0 aliphatic heterocycles. The quantitative estimate of drug-likeness (QED) is 0.801. The first-order chi connectivity index (χ1) is 9.49. The van der Waals surface area contributed by atoms with Crippen molar-refractivity contribution < 1.29 is 22.7 Å². The Labute approximate surface area is 113 Å². The standard InChI is InChI=1S/C15H11F3O2/c1-20-15-3-2-9(4-13(15)18)5-14(19)10-6-11(16)8-12(17)7-10/h2-4,6-8H,5H2,1H3. The smallest absolute Gasteiger partial charge is 0.167 e. The number of methoxy groups -OCH3 is 1. The second kappa shape index (κ2) is 5.77. The highest BCUT2D eigenvalue weighted by atomic mass is 19.1. The first kappa shape index (κ1) is 14.1. The van der Waals surface area contributed by atoms with Gasteiger partial charge in [-0.3, -0.25) is 4.79 Å². The van der Waals surface area contributed by atoms with Crippen LogP contribution in [-0.2, 0) is 6.42 Å². The third-order valence-electron chi connectivity index (χ3n) is 2.77. The lowest BCUT2D eigenvalue weighted by Gasteiger charge is -2.05. The van der Waals surface area contributed by atoms with E-state index in [-0.39, 0.29) is 17.7 Å². The Morgan fingerprint density at radius 3 is 2.25 bits per heavy atom. The van der Waals surface area contributed by atoms with Crippen molar-refractivity contribution in [1.29, 1.82) is 0 Å². The number of hydrogen-bond donors (Lipinski definition) is 0. The largest absolute Gasteiger partial charge is 0.494 e. The second-order valence-corrected chi connectivity index (χ2v) is 4.23. The fourth-order valence-corrected chi connectivity index (χ4v) is 1.82. The molecular weight excluding hydrogens is 269 g/mol. The van der Waals surface area contributed by atoms with Gasteiger partial charge in [-0.2, -0.15) is 0 Å². The van der Waals surface area contributed by atoms with E-state index in [1.807, 2.05) is 0 Å². The van der Waals surface area contributed by atoms with Gasteiger partial charge in [-0.1, -0.05) is 6.07 Å². The highest BCUT2D eigenvalue weighted by molar-refractivity contribution is 5.97. The molecule has 0 aliphatic carbocycles. The number of carbonyl (C=O) groups excluding carboxylic acids is 1. The van der Waals surface area contributed by atoms with Crippen molar-refractivity contribution in [2.45, 2.75) is 6.42 Å². The molecule has 104 valence electrons. The predicted molar refractivity (Wildman–Crippen MR) is 67.3 cm³/mol. The van der Waals surface area contributed by atoms with Crippen molar-refractivity contribution in [2.75, 3.05) is 7.11 Å². The zero-order chi connectivity index (χ0) is 14.7. The molecule has 0 atom stereocenters. The van der Waals surface area contributed by atoms with Gasteiger partial charge in [0, 0.05) is 18.1 Å². The molecule has 0 unspecified atom stereocenters. The molecule has 0 saturated heterocycles. The molecule has 0 fully saturated rings. The van der Waals surface area contributed by atoms with Crippen LogP contribution in [0.5, 0.6) is 5.75 Å². The van der Waals surface area contributed by atoms with Crippen LogP contribution in [0.4, 0.5) is 13.2 Å². The van der Waals surface area contributed by atoms with Gasteiger partial charge in [0.2, 0.25) is 0 Å². The Balaban J connectivity index is 2.21. The molecule has 2 aromatic rings. The van der Waals surface area contributed by atoms with Gasteiger partial charge in [0.1, 0.15) is 11.6 Å². The van der Waals surface area contributed by atoms with E-state index in [0.717, 1.165) is 18.2 Å². The maximum atomic E-state index is 13.5. The maximum absolute atomic E-state index is 13.5. The number of hydrogen-bond acceptors (Lipinski definition) is 2. The fourth-order valence-electron chi connectivity index (χ4n) is 1.82. The molecule has 0 aliphatic rings. The highest BCUT2D eigenvalue weighted by Gasteiger charge is 2.12. The third kappa shape index (κ3) is 3.17. The number of halogens is 3. The SMILES string of the molecule is COc1ccc(CC(=O)c2cc(F)cc(F)c2)cc1F. The molecule has 0 spiro atoms. The summed E-state index contributed by atoms with van der Waals surface area (Å²) in [5, 5.41) is 0. The van der Waals surface area contributed by atoms with Gasteiger partial charge >= 0.3 is 0 Å². The lowest BCUT2D eigenvalue weighted by Crippen LogP contribution is -2.05. The van der Waals surface area contributed by atoms with Crippen molar-refractivity contribution in [3.05, 3.63) is 65.0 Å². The van der Waals surface area contributed by atoms with Gasteiger partial charge in [0.15, 0.2) is 17.3 Å². The van der Waals surface area contributed by atoms with Crippen LogP contribution < -0.4 is 4.74 Å². The van der Waals surface area contributed by atoms with Crippen molar-refractivity contribution in [2.24, 2.45) is 0 Å². The summed E-state index contributed by atoms with van der Waals surface area (Å²) in [6, 6.07) is 6.66. The molecular formula is C15H11F3O2. The molecule has 20 heavy (non-hydrogen) atoms. The van der Waals surface area contributed by atoms with Crippen LogP contribution in [0.25, 0.3) is 0 Å². The van der Waals surface area contributed by atoms with E-state index in [2.05, 4.69) is 0 Å². The number of rotatable bonds is 4. The Morgan fingerprint density at radius 2 is 1.70 bits per heavy atom. The minimum Gasteiger partial charge on any atom is -0.494 e. The van der Waals surface area contributed by atoms with E-state index in [1.165, 1.54) is 19.2 Å². The number of Topliss-reactive ketones (excluding diaryl/α,β-unsaturated/α-hetero) is 1. The van der Waals surface area contributed by atoms with Crippen LogP contribution in [0, 0.1) is 17.5 Å². The number of benzene rings is 2. The van der Waals surface area contributed by atoms with E-state index < -0.39 is 23.2 Å². The fraction of sp³-hybridized carbons (Fsp3) is 0.133. The molecule has 0 N–H and O–H groups in total. The zero-order valence-corrected chi connectivity index (χ0v) is 10.6. The molecule has 5 heteroatoms. The summed E-state index contributed by atoms with van der Waals surface area (Å²) >= 11 is 0. The van der Waals surface area contributed by atoms with Crippen LogP contribution >= 0.6 is 0 Å². The van der Waals surface area contributed by atoms with Crippen molar-refractivity contribution in [3.8, 4) is 5.75 Å². The summed E-state index contributed by atoms with van der Waals surface area (Å²) < 4.78 is 44.3. The first-order valence-corrected chi connectivity index (χ1v) is 5.81. The van der Waals surface area contributed by atoms with Gasteiger partial charge < -0.3 is 4.74 Å². The summed E-state index contributed by atoms with van der Waals surface area (Å²) in [6.45, 7) is 0. The monoisotopic (exact) mass is 280 g/mol. The lowest BCUT2D eigenvalue weighted by molar-refractivity contribution is 0.0992. The van der Waals surface area contributed by atoms with Crippen LogP contribution in [0.2, 0.25) is 0 Å². The Morgan fingerprint density at radius 1 is 1.05 bits per heavy atom. The second-order valence-electron chi connectivity index (χ2n) is 4.23. The summed E-state index contributed by atoms with van der Waals surface area (Å²) in [6.07, 6.45) is -0.149. The van der Waals surface area contributed by atoms with Crippen molar-refractivity contribution >= 4 is 5.78 Å². The minimum absolute atomic E-state index is 0.0676. The predicted octanol–water partition coefficient (Wildman–Crippen LogP) is 3.54. The molecule has 2 rings (SSSR count). The average Bonchev–Trinajstić information content (AvgIpc) is 2.37. The van der Waals surface area contributed by atoms with E-state index in [9.17, 15) is 18.0 Å². The van der Waals surface area contributed by atoms with E-state index in [1.54, 1.807) is 0 Å². The summed E-state index contributed by atoms with van der Waals surface area (Å²) in [4.78, 5) is 11.9. The van der Waals surface area contributed by atoms with Crippen LogP contribution in [0.15, 0.2) is 36.4 Å². The Bertz CT molecular complexity index is 633. The Hall–Kier alpha value is -2.30.